The fraction of sp³-hybridized carbons (Fsp3) is 0.211. The molecule has 0 aliphatic carbocycles. The van der Waals surface area contributed by atoms with Crippen LogP contribution < -0.4 is 5.32 Å². The molecule has 1 aromatic heterocycles. The molecule has 1 aliphatic rings. The molecule has 0 bridgehead atoms. The summed E-state index contributed by atoms with van der Waals surface area (Å²) in [6.45, 7) is 5.22. The van der Waals surface area contributed by atoms with Crippen molar-refractivity contribution < 1.29 is 18.8 Å². The van der Waals surface area contributed by atoms with E-state index in [2.05, 4.69) is 11.9 Å². The Bertz CT molecular complexity index is 821. The summed E-state index contributed by atoms with van der Waals surface area (Å²) >= 11 is 0. The molecule has 0 saturated carbocycles. The summed E-state index contributed by atoms with van der Waals surface area (Å²) in [5.41, 5.74) is 1.53. The molecule has 1 aliphatic heterocycles. The van der Waals surface area contributed by atoms with E-state index < -0.39 is 0 Å². The lowest BCUT2D eigenvalue weighted by atomic mass is 10.1. The number of hydrogen-bond donors (Lipinski definition) is 1. The monoisotopic (exact) mass is 353 g/mol. The van der Waals surface area contributed by atoms with Crippen LogP contribution in [0.1, 0.15) is 20.7 Å². The number of carbonyl (C=O) groups excluding carboxylic acids is 3. The zero-order valence-electron chi connectivity index (χ0n) is 14.2. The number of hydrogen-bond acceptors (Lipinski definition) is 4. The fourth-order valence-corrected chi connectivity index (χ4v) is 2.79. The first kappa shape index (κ1) is 17.5. The number of nitrogens with zero attached hydrogens (tertiary/aromatic N) is 2. The maximum absolute atomic E-state index is 12.7. The highest BCUT2D eigenvalue weighted by Gasteiger charge is 2.26. The van der Waals surface area contributed by atoms with Gasteiger partial charge in [0.05, 0.1) is 11.8 Å². The van der Waals surface area contributed by atoms with Crippen LogP contribution in [0.5, 0.6) is 0 Å². The van der Waals surface area contributed by atoms with Crippen molar-refractivity contribution in [3.8, 4) is 0 Å². The third-order valence-electron chi connectivity index (χ3n) is 4.18. The van der Waals surface area contributed by atoms with Crippen LogP contribution in [0, 0.1) is 0 Å². The van der Waals surface area contributed by atoms with Gasteiger partial charge in [0.15, 0.2) is 0 Å². The quantitative estimate of drug-likeness (QED) is 0.853. The Kier molecular flexibility index (Phi) is 5.17. The number of nitrogens with one attached hydrogen (secondary N) is 1. The summed E-state index contributed by atoms with van der Waals surface area (Å²) < 4.78 is 4.94. The van der Waals surface area contributed by atoms with E-state index in [1.54, 1.807) is 40.1 Å². The Morgan fingerprint density at radius 3 is 2.23 bits per heavy atom. The Morgan fingerprint density at radius 2 is 1.65 bits per heavy atom. The average molecular weight is 353 g/mol. The van der Waals surface area contributed by atoms with E-state index >= 15 is 0 Å². The van der Waals surface area contributed by atoms with Crippen molar-refractivity contribution in [3.05, 3.63) is 66.6 Å². The summed E-state index contributed by atoms with van der Waals surface area (Å²) in [5.74, 6) is -0.559. The standard InChI is InChI=1S/C19H19N3O4/c1-2-17(23)20-16-5-3-4-14(12-16)18(24)21-7-9-22(10-8-21)19(25)15-6-11-26-13-15/h2-6,11-13H,1,7-10H2,(H,20,23). The van der Waals surface area contributed by atoms with Crippen LogP contribution in [-0.2, 0) is 4.79 Å². The maximum Gasteiger partial charge on any atom is 0.257 e. The van der Waals surface area contributed by atoms with E-state index in [0.717, 1.165) is 0 Å². The fourth-order valence-electron chi connectivity index (χ4n) is 2.79. The van der Waals surface area contributed by atoms with Gasteiger partial charge >= 0.3 is 0 Å². The summed E-state index contributed by atoms with van der Waals surface area (Å²) in [5, 5.41) is 2.64. The van der Waals surface area contributed by atoms with Crippen molar-refractivity contribution in [2.24, 2.45) is 0 Å². The van der Waals surface area contributed by atoms with E-state index in [4.69, 9.17) is 4.42 Å². The minimum atomic E-state index is -0.332. The summed E-state index contributed by atoms with van der Waals surface area (Å²) in [6.07, 6.45) is 4.05. The minimum Gasteiger partial charge on any atom is -0.472 e. The molecule has 0 spiro atoms. The second-order valence-corrected chi connectivity index (χ2v) is 5.87. The van der Waals surface area contributed by atoms with Gasteiger partial charge in [0, 0.05) is 37.4 Å². The number of rotatable bonds is 4. The Morgan fingerprint density at radius 1 is 1.00 bits per heavy atom. The van der Waals surface area contributed by atoms with Crippen LogP contribution in [0.3, 0.4) is 0 Å². The molecule has 2 aromatic rings. The Labute approximate surface area is 150 Å². The second kappa shape index (κ2) is 7.69. The molecule has 1 aromatic carbocycles. The minimum absolute atomic E-state index is 0.0972. The van der Waals surface area contributed by atoms with Crippen LogP contribution in [0.15, 0.2) is 59.9 Å². The summed E-state index contributed by atoms with van der Waals surface area (Å²) in [7, 11) is 0. The molecule has 134 valence electrons. The van der Waals surface area contributed by atoms with Gasteiger partial charge in [-0.2, -0.15) is 0 Å². The Hall–Kier alpha value is -3.35. The number of anilines is 1. The molecule has 1 N–H and O–H groups in total. The van der Waals surface area contributed by atoms with Crippen LogP contribution >= 0.6 is 0 Å². The van der Waals surface area contributed by atoms with E-state index in [1.165, 1.54) is 18.6 Å². The first-order valence-electron chi connectivity index (χ1n) is 8.22. The highest BCUT2D eigenvalue weighted by atomic mass is 16.3. The van der Waals surface area contributed by atoms with Gasteiger partial charge in [0.25, 0.3) is 11.8 Å². The van der Waals surface area contributed by atoms with Crippen molar-refractivity contribution in [1.82, 2.24) is 9.80 Å². The van der Waals surface area contributed by atoms with Crippen LogP contribution in [0.2, 0.25) is 0 Å². The van der Waals surface area contributed by atoms with E-state index in [-0.39, 0.29) is 17.7 Å². The zero-order chi connectivity index (χ0) is 18.5. The molecule has 26 heavy (non-hydrogen) atoms. The predicted octanol–water partition coefficient (Wildman–Crippen LogP) is 2.00. The first-order chi connectivity index (χ1) is 12.6. The maximum atomic E-state index is 12.7. The van der Waals surface area contributed by atoms with Gasteiger partial charge in [-0.1, -0.05) is 12.6 Å². The van der Waals surface area contributed by atoms with Gasteiger partial charge in [-0.05, 0) is 30.3 Å². The number of furan rings is 1. The second-order valence-electron chi connectivity index (χ2n) is 5.87. The lowest BCUT2D eigenvalue weighted by molar-refractivity contribution is -0.111. The molecule has 0 radical (unpaired) electrons. The number of piperazine rings is 1. The molecule has 0 unspecified atom stereocenters. The number of amides is 3. The van der Waals surface area contributed by atoms with Crippen molar-refractivity contribution in [2.75, 3.05) is 31.5 Å². The zero-order valence-corrected chi connectivity index (χ0v) is 14.2. The Balaban J connectivity index is 1.61. The molecule has 0 atom stereocenters. The molecule has 3 amide bonds. The van der Waals surface area contributed by atoms with Crippen molar-refractivity contribution in [2.45, 2.75) is 0 Å². The lowest BCUT2D eigenvalue weighted by Gasteiger charge is -2.34. The highest BCUT2D eigenvalue weighted by Crippen LogP contribution is 2.15. The van der Waals surface area contributed by atoms with Gasteiger partial charge in [-0.15, -0.1) is 0 Å². The molecular formula is C19H19N3O4. The molecule has 7 heteroatoms. The molecule has 1 saturated heterocycles. The van der Waals surface area contributed by atoms with Gasteiger partial charge < -0.3 is 19.5 Å². The van der Waals surface area contributed by atoms with Crippen LogP contribution in [-0.4, -0.2) is 53.7 Å². The summed E-state index contributed by atoms with van der Waals surface area (Å²) in [4.78, 5) is 39.8. The third kappa shape index (κ3) is 3.83. The van der Waals surface area contributed by atoms with Gasteiger partial charge in [0.1, 0.15) is 6.26 Å². The van der Waals surface area contributed by atoms with Gasteiger partial charge in [0.2, 0.25) is 5.91 Å². The van der Waals surface area contributed by atoms with E-state index in [0.29, 0.717) is 43.0 Å². The molecular weight excluding hydrogens is 334 g/mol. The number of carbonyl (C=O) groups is 3. The lowest BCUT2D eigenvalue weighted by Crippen LogP contribution is -2.50. The van der Waals surface area contributed by atoms with Crippen molar-refractivity contribution >= 4 is 23.4 Å². The van der Waals surface area contributed by atoms with Crippen LogP contribution in [0.4, 0.5) is 5.69 Å². The predicted molar refractivity (Wildman–Crippen MR) is 95.8 cm³/mol. The van der Waals surface area contributed by atoms with E-state index in [1.807, 2.05) is 0 Å². The van der Waals surface area contributed by atoms with Crippen LogP contribution in [0.25, 0.3) is 0 Å². The third-order valence-corrected chi connectivity index (χ3v) is 4.18. The molecule has 3 rings (SSSR count). The van der Waals surface area contributed by atoms with Crippen molar-refractivity contribution in [3.63, 3.8) is 0 Å². The topological polar surface area (TPSA) is 82.9 Å². The molecule has 2 heterocycles. The highest BCUT2D eigenvalue weighted by molar-refractivity contribution is 6.01. The normalized spacial score (nSPS) is 14.0. The summed E-state index contributed by atoms with van der Waals surface area (Å²) in [6, 6.07) is 8.38. The van der Waals surface area contributed by atoms with E-state index in [9.17, 15) is 14.4 Å². The first-order valence-corrected chi connectivity index (χ1v) is 8.22. The number of benzene rings is 1. The average Bonchev–Trinajstić information content (AvgIpc) is 3.22. The molecule has 7 nitrogen and oxygen atoms in total. The SMILES string of the molecule is C=CC(=O)Nc1cccc(C(=O)N2CCN(C(=O)c3ccoc3)CC2)c1. The smallest absolute Gasteiger partial charge is 0.257 e. The van der Waals surface area contributed by atoms with Crippen molar-refractivity contribution in [1.29, 1.82) is 0 Å². The largest absolute Gasteiger partial charge is 0.472 e. The van der Waals surface area contributed by atoms with Gasteiger partial charge in [-0.25, -0.2) is 0 Å². The van der Waals surface area contributed by atoms with Gasteiger partial charge in [-0.3, -0.25) is 14.4 Å². The molecule has 1 fully saturated rings.